The van der Waals surface area contributed by atoms with E-state index < -0.39 is 47.0 Å². The summed E-state index contributed by atoms with van der Waals surface area (Å²) in [6.45, 7) is 12.7. The quantitative estimate of drug-likeness (QED) is 0.306. The molecule has 0 amide bonds. The van der Waals surface area contributed by atoms with Crippen molar-refractivity contribution in [2.75, 3.05) is 0 Å². The molecule has 37 heavy (non-hydrogen) atoms. The van der Waals surface area contributed by atoms with E-state index in [9.17, 15) is 21.6 Å². The molecule has 8 heteroatoms. The fourth-order valence-electron chi connectivity index (χ4n) is 3.67. The highest BCUT2D eigenvalue weighted by molar-refractivity contribution is 7.86. The summed E-state index contributed by atoms with van der Waals surface area (Å²) in [6, 6.07) is 19.4. The summed E-state index contributed by atoms with van der Waals surface area (Å²) in [5.41, 5.74) is 0.832. The average molecular weight is 647 g/mol. The smallest absolute Gasteiger partial charge is 0.190 e. The van der Waals surface area contributed by atoms with E-state index in [2.05, 4.69) is 41.5 Å². The van der Waals surface area contributed by atoms with Crippen molar-refractivity contribution >= 4 is 10.1 Å². The van der Waals surface area contributed by atoms with Crippen LogP contribution in [0.3, 0.4) is 0 Å². The zero-order chi connectivity index (χ0) is 27.6. The molecule has 0 spiro atoms. The first-order chi connectivity index (χ1) is 17.1. The third kappa shape index (κ3) is 6.75. The molecule has 201 valence electrons. The van der Waals surface area contributed by atoms with Gasteiger partial charge >= 0.3 is 36.5 Å². The molecule has 0 aliphatic rings. The second-order valence-corrected chi connectivity index (χ2v) is 16.7. The topological polar surface area (TPSA) is 43.4 Å². The summed E-state index contributed by atoms with van der Waals surface area (Å²) < 4.78 is 74.7. The second-order valence-electron chi connectivity index (χ2n) is 10.2. The highest BCUT2D eigenvalue weighted by Gasteiger charge is 2.43. The van der Waals surface area contributed by atoms with E-state index in [1.165, 1.54) is 12.1 Å². The molecule has 0 fully saturated rings. The van der Waals surface area contributed by atoms with Crippen LogP contribution in [0, 0.1) is 7.14 Å². The molecular weight excluding hydrogens is 612 g/mol. The fourth-order valence-corrected chi connectivity index (χ4v) is 10.7. The third-order valence-corrected chi connectivity index (χ3v) is 14.4. The predicted octanol–water partition coefficient (Wildman–Crippen LogP) is 5.07. The van der Waals surface area contributed by atoms with Crippen molar-refractivity contribution < 1.29 is 44.3 Å². The van der Waals surface area contributed by atoms with Gasteiger partial charge in [-0.2, -0.15) is 21.6 Å². The molecule has 0 aromatic heterocycles. The predicted molar refractivity (Wildman–Crippen MR) is 137 cm³/mol. The zero-order valence-electron chi connectivity index (χ0n) is 22.0. The average Bonchev–Trinajstić information content (AvgIpc) is 2.87. The molecule has 3 rings (SSSR count). The summed E-state index contributed by atoms with van der Waals surface area (Å²) in [5, 5.41) is 0. The maximum absolute atomic E-state index is 13.6. The summed E-state index contributed by atoms with van der Waals surface area (Å²) in [6.07, 6.45) is -2.99. The van der Waals surface area contributed by atoms with Crippen molar-refractivity contribution in [3.05, 3.63) is 96.6 Å². The summed E-state index contributed by atoms with van der Waals surface area (Å²) in [7, 11) is -4.71. The third-order valence-electron chi connectivity index (χ3n) is 7.02. The van der Waals surface area contributed by atoms with Gasteiger partial charge in [-0.25, -0.2) is 0 Å². The number of hydrogen-bond acceptors (Lipinski definition) is 3. The van der Waals surface area contributed by atoms with Crippen LogP contribution in [0.2, 0.25) is 0 Å². The molecule has 0 atom stereocenters. The minimum atomic E-state index is -4.83. The Bertz CT molecular complexity index is 1250. The van der Waals surface area contributed by atoms with Crippen LogP contribution < -0.4 is 20.2 Å². The van der Waals surface area contributed by atoms with Crippen LogP contribution in [-0.2, 0) is 29.6 Å². The number of benzene rings is 3. The first kappa shape index (κ1) is 29.6. The van der Waals surface area contributed by atoms with Gasteiger partial charge in [0, 0.05) is 0 Å². The standard InChI is InChI=1S/C29H34F3IO3S/c1-7-27(3,4)21-13-17-23(18-14-21)33(24-19-15-22(16-20-24)28(5,6)8-2)36-37(34,35)26-12-10-9-11-25(26)29(30,31)32/h9-20H,7-8H2,1-6H3/q+1. The van der Waals surface area contributed by atoms with Crippen LogP contribution in [0.5, 0.6) is 0 Å². The minimum absolute atomic E-state index is 0.0659. The minimum Gasteiger partial charge on any atom is -0.190 e. The molecule has 0 aliphatic carbocycles. The zero-order valence-corrected chi connectivity index (χ0v) is 25.0. The van der Waals surface area contributed by atoms with E-state index in [0.717, 1.165) is 36.1 Å². The molecule has 0 aliphatic heterocycles. The maximum Gasteiger partial charge on any atom is 0.417 e. The van der Waals surface area contributed by atoms with Crippen LogP contribution in [0.25, 0.3) is 0 Å². The van der Waals surface area contributed by atoms with Crippen molar-refractivity contribution in [3.8, 4) is 0 Å². The molecule has 0 N–H and O–H groups in total. The van der Waals surface area contributed by atoms with E-state index in [1.54, 1.807) is 0 Å². The maximum atomic E-state index is 13.6. The Balaban J connectivity index is 2.11. The van der Waals surface area contributed by atoms with Gasteiger partial charge in [-0.15, -0.1) is 0 Å². The Labute approximate surface area is 226 Å². The fraction of sp³-hybridized carbons (Fsp3) is 0.379. The molecule has 3 aromatic carbocycles. The molecule has 0 heterocycles. The lowest BCUT2D eigenvalue weighted by atomic mass is 9.82. The first-order valence-electron chi connectivity index (χ1n) is 12.1. The van der Waals surface area contributed by atoms with Gasteiger partial charge in [-0.05, 0) is 73.7 Å². The van der Waals surface area contributed by atoms with Gasteiger partial charge < -0.3 is 0 Å². The van der Waals surface area contributed by atoms with Crippen molar-refractivity contribution in [1.82, 2.24) is 0 Å². The van der Waals surface area contributed by atoms with E-state index >= 15 is 0 Å². The Morgan fingerprint density at radius 1 is 0.703 bits per heavy atom. The summed E-state index contributed by atoms with van der Waals surface area (Å²) >= 11 is -3.18. The molecule has 0 bridgehead atoms. The monoisotopic (exact) mass is 646 g/mol. The van der Waals surface area contributed by atoms with Crippen LogP contribution in [-0.4, -0.2) is 8.42 Å². The van der Waals surface area contributed by atoms with E-state index in [-0.39, 0.29) is 10.8 Å². The van der Waals surface area contributed by atoms with Gasteiger partial charge in [0.15, 0.2) is 7.14 Å². The lowest BCUT2D eigenvalue weighted by molar-refractivity contribution is -1.03. The van der Waals surface area contributed by atoms with E-state index in [1.807, 2.05) is 48.5 Å². The highest BCUT2D eigenvalue weighted by Crippen LogP contribution is 2.34. The first-order valence-corrected chi connectivity index (χ1v) is 16.6. The van der Waals surface area contributed by atoms with Gasteiger partial charge in [0.2, 0.25) is 0 Å². The lowest BCUT2D eigenvalue weighted by Crippen LogP contribution is -3.85. The van der Waals surface area contributed by atoms with Crippen LogP contribution in [0.15, 0.2) is 77.7 Å². The van der Waals surface area contributed by atoms with Crippen molar-refractivity contribution in [2.24, 2.45) is 0 Å². The summed E-state index contributed by atoms with van der Waals surface area (Å²) in [5.74, 6) is 0. The number of alkyl halides is 3. The highest BCUT2D eigenvalue weighted by atomic mass is 127. The Hall–Kier alpha value is -1.91. The van der Waals surface area contributed by atoms with Crippen LogP contribution in [0.1, 0.15) is 71.1 Å². The van der Waals surface area contributed by atoms with Crippen molar-refractivity contribution in [1.29, 1.82) is 0 Å². The Morgan fingerprint density at radius 3 is 1.49 bits per heavy atom. The van der Waals surface area contributed by atoms with Crippen molar-refractivity contribution in [3.63, 3.8) is 0 Å². The van der Waals surface area contributed by atoms with Gasteiger partial charge in [0.25, 0.3) is 0 Å². The van der Waals surface area contributed by atoms with Crippen LogP contribution in [0.4, 0.5) is 13.2 Å². The molecular formula is C29H34F3IO3S+. The van der Waals surface area contributed by atoms with E-state index in [4.69, 9.17) is 2.51 Å². The molecule has 1 radical (unpaired) electrons. The largest absolute Gasteiger partial charge is 0.417 e. The number of halogens is 4. The normalized spacial score (nSPS) is 13.2. The van der Waals surface area contributed by atoms with Crippen molar-refractivity contribution in [2.45, 2.75) is 76.3 Å². The second kappa shape index (κ2) is 11.1. The van der Waals surface area contributed by atoms with E-state index in [0.29, 0.717) is 7.14 Å². The molecule has 3 aromatic rings. The molecule has 0 saturated heterocycles. The summed E-state index contributed by atoms with van der Waals surface area (Å²) in [4.78, 5) is -0.864. The molecule has 0 saturated carbocycles. The van der Waals surface area contributed by atoms with Crippen LogP contribution >= 0.6 is 0 Å². The number of hydrogen-bond donors (Lipinski definition) is 0. The molecule has 0 unspecified atom stereocenters. The molecule has 3 nitrogen and oxygen atoms in total. The number of rotatable bonds is 9. The van der Waals surface area contributed by atoms with Gasteiger partial charge in [-0.3, -0.25) is 0 Å². The Kier molecular flexibility index (Phi) is 8.86. The van der Waals surface area contributed by atoms with Gasteiger partial charge in [0.05, 0.1) is 5.56 Å². The SMILES string of the molecule is CCC(C)(C)c1ccc([I+](OS(=O)(=O)c2ccccc2C(F)(F)F)c2ccc(C(C)(C)CC)cc2)cc1. The van der Waals surface area contributed by atoms with Gasteiger partial charge in [0.1, 0.15) is 4.90 Å². The lowest BCUT2D eigenvalue weighted by Gasteiger charge is -2.23. The van der Waals surface area contributed by atoms with Gasteiger partial charge in [-0.1, -0.05) is 77.9 Å². The Morgan fingerprint density at radius 2 is 1.11 bits per heavy atom.